The van der Waals surface area contributed by atoms with Crippen LogP contribution in [0.4, 0.5) is 0 Å². The number of aliphatic hydroxyl groups excluding tert-OH is 2. The van der Waals surface area contributed by atoms with Crippen LogP contribution in [0.1, 0.15) is 13.8 Å². The first-order valence-corrected chi connectivity index (χ1v) is 4.35. The molecule has 1 fully saturated rings. The van der Waals surface area contributed by atoms with Crippen LogP contribution in [0.2, 0.25) is 0 Å². The van der Waals surface area contributed by atoms with Gasteiger partial charge in [-0.15, -0.1) is 0 Å². The molecule has 0 amide bonds. The SMILES string of the molecule is CC=C[C@]1(O)CO[C@H](C(C)O)[C@H]1O. The van der Waals surface area contributed by atoms with E-state index in [0.717, 1.165) is 0 Å². The average Bonchev–Trinajstić information content (AvgIpc) is 2.30. The van der Waals surface area contributed by atoms with Gasteiger partial charge in [-0.1, -0.05) is 12.2 Å². The number of hydrogen-bond donors (Lipinski definition) is 3. The fourth-order valence-corrected chi connectivity index (χ4v) is 1.53. The molecule has 4 atom stereocenters. The average molecular weight is 188 g/mol. The second-order valence-corrected chi connectivity index (χ2v) is 3.45. The second kappa shape index (κ2) is 3.75. The zero-order valence-electron chi connectivity index (χ0n) is 7.84. The lowest BCUT2D eigenvalue weighted by Gasteiger charge is -2.23. The highest BCUT2D eigenvalue weighted by Crippen LogP contribution is 2.27. The van der Waals surface area contributed by atoms with E-state index in [2.05, 4.69) is 0 Å². The van der Waals surface area contributed by atoms with E-state index in [0.29, 0.717) is 0 Å². The molecular formula is C9H16O4. The zero-order chi connectivity index (χ0) is 10.1. The molecule has 3 N–H and O–H groups in total. The van der Waals surface area contributed by atoms with Gasteiger partial charge in [-0.2, -0.15) is 0 Å². The highest BCUT2D eigenvalue weighted by molar-refractivity contribution is 5.10. The Balaban J connectivity index is 2.74. The minimum absolute atomic E-state index is 0.0219. The molecule has 1 heterocycles. The maximum absolute atomic E-state index is 9.81. The summed E-state index contributed by atoms with van der Waals surface area (Å²) in [6, 6.07) is 0. The molecule has 0 aromatic rings. The van der Waals surface area contributed by atoms with Gasteiger partial charge in [-0.05, 0) is 13.8 Å². The molecule has 0 spiro atoms. The molecule has 4 nitrogen and oxygen atoms in total. The van der Waals surface area contributed by atoms with Crippen molar-refractivity contribution in [1.29, 1.82) is 0 Å². The van der Waals surface area contributed by atoms with Crippen LogP contribution in [0.15, 0.2) is 12.2 Å². The normalized spacial score (nSPS) is 42.8. The number of ether oxygens (including phenoxy) is 1. The molecule has 0 aliphatic carbocycles. The van der Waals surface area contributed by atoms with Gasteiger partial charge < -0.3 is 20.1 Å². The first-order valence-electron chi connectivity index (χ1n) is 4.35. The summed E-state index contributed by atoms with van der Waals surface area (Å²) in [5.74, 6) is 0. The van der Waals surface area contributed by atoms with E-state index >= 15 is 0 Å². The molecule has 0 aromatic carbocycles. The Morgan fingerprint density at radius 2 is 2.23 bits per heavy atom. The van der Waals surface area contributed by atoms with Crippen molar-refractivity contribution in [3.8, 4) is 0 Å². The molecule has 1 rings (SSSR count). The summed E-state index contributed by atoms with van der Waals surface area (Å²) in [5.41, 5.74) is -1.35. The van der Waals surface area contributed by atoms with Gasteiger partial charge in [0.05, 0.1) is 12.7 Å². The minimum atomic E-state index is -1.35. The molecule has 76 valence electrons. The summed E-state index contributed by atoms with van der Waals surface area (Å²) in [5, 5.41) is 28.6. The number of allylic oxidation sites excluding steroid dienone is 1. The molecule has 1 saturated heterocycles. The van der Waals surface area contributed by atoms with Gasteiger partial charge >= 0.3 is 0 Å². The lowest BCUT2D eigenvalue weighted by molar-refractivity contribution is -0.0531. The van der Waals surface area contributed by atoms with Crippen molar-refractivity contribution in [3.05, 3.63) is 12.2 Å². The van der Waals surface area contributed by atoms with Crippen LogP contribution in [-0.2, 0) is 4.74 Å². The van der Waals surface area contributed by atoms with Crippen molar-refractivity contribution in [3.63, 3.8) is 0 Å². The highest BCUT2D eigenvalue weighted by Gasteiger charge is 2.47. The number of rotatable bonds is 2. The smallest absolute Gasteiger partial charge is 0.134 e. The summed E-state index contributed by atoms with van der Waals surface area (Å²) in [7, 11) is 0. The fourth-order valence-electron chi connectivity index (χ4n) is 1.53. The molecule has 13 heavy (non-hydrogen) atoms. The maximum Gasteiger partial charge on any atom is 0.134 e. The van der Waals surface area contributed by atoms with Crippen LogP contribution in [0.5, 0.6) is 0 Å². The number of aliphatic hydroxyl groups is 3. The van der Waals surface area contributed by atoms with Crippen LogP contribution in [-0.4, -0.2) is 45.8 Å². The Morgan fingerprint density at radius 3 is 2.62 bits per heavy atom. The zero-order valence-corrected chi connectivity index (χ0v) is 7.84. The van der Waals surface area contributed by atoms with Crippen molar-refractivity contribution in [1.82, 2.24) is 0 Å². The van der Waals surface area contributed by atoms with Crippen molar-refractivity contribution >= 4 is 0 Å². The Morgan fingerprint density at radius 1 is 1.62 bits per heavy atom. The van der Waals surface area contributed by atoms with Gasteiger partial charge in [0.1, 0.15) is 17.8 Å². The second-order valence-electron chi connectivity index (χ2n) is 3.45. The minimum Gasteiger partial charge on any atom is -0.391 e. The van der Waals surface area contributed by atoms with Crippen LogP contribution < -0.4 is 0 Å². The Labute approximate surface area is 77.5 Å². The molecule has 1 aliphatic rings. The third kappa shape index (κ3) is 1.91. The molecule has 1 unspecified atom stereocenters. The molecular weight excluding hydrogens is 172 g/mol. The summed E-state index contributed by atoms with van der Waals surface area (Å²) in [4.78, 5) is 0. The largest absolute Gasteiger partial charge is 0.391 e. The van der Waals surface area contributed by atoms with Gasteiger partial charge in [0.25, 0.3) is 0 Å². The van der Waals surface area contributed by atoms with E-state index in [1.54, 1.807) is 13.0 Å². The van der Waals surface area contributed by atoms with Gasteiger partial charge in [0, 0.05) is 0 Å². The predicted molar refractivity (Wildman–Crippen MR) is 47.2 cm³/mol. The van der Waals surface area contributed by atoms with Crippen molar-refractivity contribution in [2.24, 2.45) is 0 Å². The maximum atomic E-state index is 9.81. The first kappa shape index (κ1) is 10.7. The molecule has 0 saturated carbocycles. The van der Waals surface area contributed by atoms with Crippen LogP contribution in [0.25, 0.3) is 0 Å². The van der Waals surface area contributed by atoms with E-state index in [9.17, 15) is 15.3 Å². The van der Waals surface area contributed by atoms with Gasteiger partial charge in [0.15, 0.2) is 0 Å². The van der Waals surface area contributed by atoms with Crippen molar-refractivity contribution in [2.75, 3.05) is 6.61 Å². The molecule has 4 heteroatoms. The molecule has 1 aliphatic heterocycles. The number of hydrogen-bond acceptors (Lipinski definition) is 4. The summed E-state index contributed by atoms with van der Waals surface area (Å²) >= 11 is 0. The quantitative estimate of drug-likeness (QED) is 0.508. The third-order valence-corrected chi connectivity index (χ3v) is 2.26. The Bertz CT molecular complexity index is 202. The van der Waals surface area contributed by atoms with Crippen molar-refractivity contribution in [2.45, 2.75) is 37.8 Å². The van der Waals surface area contributed by atoms with Crippen LogP contribution >= 0.6 is 0 Å². The lowest BCUT2D eigenvalue weighted by Crippen LogP contribution is -2.45. The first-order chi connectivity index (χ1) is 6.01. The van der Waals surface area contributed by atoms with Crippen molar-refractivity contribution < 1.29 is 20.1 Å². The lowest BCUT2D eigenvalue weighted by atomic mass is 9.94. The molecule has 0 aromatic heterocycles. The van der Waals surface area contributed by atoms with E-state index < -0.39 is 23.9 Å². The Hall–Kier alpha value is -0.420. The monoisotopic (exact) mass is 188 g/mol. The Kier molecular flexibility index (Phi) is 3.08. The fraction of sp³-hybridized carbons (Fsp3) is 0.778. The van der Waals surface area contributed by atoms with Crippen LogP contribution in [0, 0.1) is 0 Å². The molecule has 0 bridgehead atoms. The van der Waals surface area contributed by atoms with Crippen LogP contribution in [0.3, 0.4) is 0 Å². The summed E-state index contributed by atoms with van der Waals surface area (Å²) in [6.07, 6.45) is 0.580. The van der Waals surface area contributed by atoms with Gasteiger partial charge in [-0.3, -0.25) is 0 Å². The standard InChI is InChI=1S/C9H16O4/c1-3-4-9(12)5-13-7(6(2)10)8(9)11/h3-4,6-8,10-12H,5H2,1-2H3/t6?,7-,8-,9+/m1/s1. The molecule has 0 radical (unpaired) electrons. The predicted octanol–water partition coefficient (Wildman–Crippen LogP) is -0.566. The van der Waals surface area contributed by atoms with E-state index in [-0.39, 0.29) is 6.61 Å². The third-order valence-electron chi connectivity index (χ3n) is 2.26. The van der Waals surface area contributed by atoms with Gasteiger partial charge in [-0.25, -0.2) is 0 Å². The van der Waals surface area contributed by atoms with E-state index in [1.165, 1.54) is 13.0 Å². The van der Waals surface area contributed by atoms with Gasteiger partial charge in [0.2, 0.25) is 0 Å². The van der Waals surface area contributed by atoms with E-state index in [4.69, 9.17) is 4.74 Å². The highest BCUT2D eigenvalue weighted by atomic mass is 16.5. The summed E-state index contributed by atoms with van der Waals surface area (Å²) < 4.78 is 5.09. The summed E-state index contributed by atoms with van der Waals surface area (Å²) in [6.45, 7) is 3.30. The topological polar surface area (TPSA) is 69.9 Å². The van der Waals surface area contributed by atoms with E-state index in [1.807, 2.05) is 0 Å².